The molecule has 0 spiro atoms. The van der Waals surface area contributed by atoms with Gasteiger partial charge >= 0.3 is 0 Å². The molecule has 1 fully saturated rings. The number of nitrogens with zero attached hydrogens (tertiary/aromatic N) is 1. The highest BCUT2D eigenvalue weighted by Gasteiger charge is 2.36. The van der Waals surface area contributed by atoms with E-state index < -0.39 is 6.17 Å². The number of halogens is 1. The maximum atomic E-state index is 12.7. The maximum absolute atomic E-state index is 12.7. The van der Waals surface area contributed by atoms with Gasteiger partial charge in [-0.15, -0.1) is 0 Å². The van der Waals surface area contributed by atoms with Crippen molar-refractivity contribution in [1.29, 1.82) is 0 Å². The first kappa shape index (κ1) is 8.98. The normalized spacial score (nSPS) is 24.8. The zero-order chi connectivity index (χ0) is 8.65. The van der Waals surface area contributed by atoms with Crippen LogP contribution in [0, 0.1) is 5.92 Å². The molecule has 1 rings (SSSR count). The molecule has 0 aliphatic carbocycles. The molecule has 1 aliphatic heterocycles. The quantitative estimate of drug-likeness (QED) is 0.566. The van der Waals surface area contributed by atoms with Crippen molar-refractivity contribution in [3.05, 3.63) is 0 Å². The van der Waals surface area contributed by atoms with Gasteiger partial charge in [0.15, 0.2) is 0 Å². The van der Waals surface area contributed by atoms with Crippen molar-refractivity contribution in [1.82, 2.24) is 4.90 Å². The molecule has 1 atom stereocenters. The number of likely N-dealkylation sites (tertiary alicyclic amines) is 1. The highest BCUT2D eigenvalue weighted by molar-refractivity contribution is 4.90. The van der Waals surface area contributed by atoms with Crippen LogP contribution in [-0.4, -0.2) is 29.7 Å². The minimum absolute atomic E-state index is 0.228. The van der Waals surface area contributed by atoms with Crippen molar-refractivity contribution in [3.63, 3.8) is 0 Å². The lowest BCUT2D eigenvalue weighted by Crippen LogP contribution is -2.57. The Bertz CT molecular complexity index is 131. The number of hydrogen-bond donors (Lipinski definition) is 0. The Balaban J connectivity index is 2.30. The number of alkyl halides is 1. The van der Waals surface area contributed by atoms with Gasteiger partial charge in [-0.2, -0.15) is 0 Å². The predicted molar refractivity (Wildman–Crippen MR) is 45.4 cm³/mol. The highest BCUT2D eigenvalue weighted by Crippen LogP contribution is 2.28. The number of hydrogen-bond acceptors (Lipinski definition) is 1. The van der Waals surface area contributed by atoms with Crippen LogP contribution < -0.4 is 0 Å². The van der Waals surface area contributed by atoms with Crippen LogP contribution in [0.15, 0.2) is 0 Å². The van der Waals surface area contributed by atoms with E-state index in [-0.39, 0.29) is 11.5 Å². The molecule has 66 valence electrons. The molecule has 1 saturated heterocycles. The topological polar surface area (TPSA) is 3.24 Å². The molecule has 1 nitrogen and oxygen atoms in total. The van der Waals surface area contributed by atoms with Gasteiger partial charge in [0.1, 0.15) is 6.17 Å². The lowest BCUT2D eigenvalue weighted by atomic mass is 9.90. The molecular weight excluding hydrogens is 141 g/mol. The Morgan fingerprint density at radius 1 is 1.36 bits per heavy atom. The zero-order valence-electron chi connectivity index (χ0n) is 7.89. The summed E-state index contributed by atoms with van der Waals surface area (Å²) in [6.07, 6.45) is -0.631. The molecule has 0 aromatic heterocycles. The van der Waals surface area contributed by atoms with E-state index in [1.54, 1.807) is 6.92 Å². The molecular formula is C9H18FN. The third-order valence-corrected chi connectivity index (χ3v) is 2.51. The van der Waals surface area contributed by atoms with E-state index in [0.29, 0.717) is 0 Å². The van der Waals surface area contributed by atoms with E-state index >= 15 is 0 Å². The van der Waals surface area contributed by atoms with E-state index in [0.717, 1.165) is 13.1 Å². The van der Waals surface area contributed by atoms with E-state index in [4.69, 9.17) is 0 Å². The van der Waals surface area contributed by atoms with Crippen molar-refractivity contribution in [2.45, 2.75) is 39.4 Å². The van der Waals surface area contributed by atoms with Crippen LogP contribution in [-0.2, 0) is 0 Å². The molecule has 0 bridgehead atoms. The molecule has 0 aromatic rings. The predicted octanol–water partition coefficient (Wildman–Crippen LogP) is 2.07. The lowest BCUT2D eigenvalue weighted by molar-refractivity contribution is -0.0178. The first-order valence-corrected chi connectivity index (χ1v) is 4.30. The van der Waals surface area contributed by atoms with Crippen molar-refractivity contribution >= 4 is 0 Å². The summed E-state index contributed by atoms with van der Waals surface area (Å²) in [5, 5.41) is 0. The number of rotatable bonds is 1. The molecule has 0 amide bonds. The van der Waals surface area contributed by atoms with Crippen molar-refractivity contribution in [3.8, 4) is 0 Å². The van der Waals surface area contributed by atoms with E-state index in [1.807, 2.05) is 0 Å². The van der Waals surface area contributed by atoms with Gasteiger partial charge < -0.3 is 0 Å². The lowest BCUT2D eigenvalue weighted by Gasteiger charge is -2.48. The third-order valence-electron chi connectivity index (χ3n) is 2.51. The SMILES string of the molecule is CC(F)C1CN(C(C)(C)C)C1. The Morgan fingerprint density at radius 3 is 2.09 bits per heavy atom. The summed E-state index contributed by atoms with van der Waals surface area (Å²) < 4.78 is 12.7. The molecule has 0 aromatic carbocycles. The molecule has 0 saturated carbocycles. The van der Waals surface area contributed by atoms with Gasteiger partial charge in [-0.1, -0.05) is 0 Å². The van der Waals surface area contributed by atoms with E-state index in [9.17, 15) is 4.39 Å². The minimum Gasteiger partial charge on any atom is -0.298 e. The third kappa shape index (κ3) is 1.92. The zero-order valence-corrected chi connectivity index (χ0v) is 7.89. The van der Waals surface area contributed by atoms with Crippen molar-refractivity contribution in [2.24, 2.45) is 5.92 Å². The van der Waals surface area contributed by atoms with Gasteiger partial charge in [0.2, 0.25) is 0 Å². The second-order valence-corrected chi connectivity index (χ2v) is 4.51. The van der Waals surface area contributed by atoms with Gasteiger partial charge in [-0.3, -0.25) is 4.90 Å². The second kappa shape index (κ2) is 2.74. The highest BCUT2D eigenvalue weighted by atomic mass is 19.1. The summed E-state index contributed by atoms with van der Waals surface area (Å²) in [5.41, 5.74) is 0.228. The molecule has 11 heavy (non-hydrogen) atoms. The van der Waals surface area contributed by atoms with Gasteiger partial charge in [0.25, 0.3) is 0 Å². The van der Waals surface area contributed by atoms with Crippen LogP contribution >= 0.6 is 0 Å². The second-order valence-electron chi connectivity index (χ2n) is 4.51. The first-order chi connectivity index (χ1) is 4.91. The fraction of sp³-hybridized carbons (Fsp3) is 1.00. The average Bonchev–Trinajstić information content (AvgIpc) is 1.51. The van der Waals surface area contributed by atoms with Crippen LogP contribution in [0.4, 0.5) is 4.39 Å². The van der Waals surface area contributed by atoms with E-state index in [1.165, 1.54) is 0 Å². The maximum Gasteiger partial charge on any atom is 0.103 e. The van der Waals surface area contributed by atoms with E-state index in [2.05, 4.69) is 25.7 Å². The summed E-state index contributed by atoms with van der Waals surface area (Å²) in [7, 11) is 0. The molecule has 1 aliphatic rings. The van der Waals surface area contributed by atoms with Crippen LogP contribution in [0.25, 0.3) is 0 Å². The van der Waals surface area contributed by atoms with Crippen molar-refractivity contribution < 1.29 is 4.39 Å². The Labute approximate surface area is 68.6 Å². The summed E-state index contributed by atoms with van der Waals surface area (Å²) >= 11 is 0. The standard InChI is InChI=1S/C9H18FN/c1-7(10)8-5-11(6-8)9(2,3)4/h7-8H,5-6H2,1-4H3. The first-order valence-electron chi connectivity index (χ1n) is 4.30. The molecule has 1 heterocycles. The van der Waals surface area contributed by atoms with Crippen molar-refractivity contribution in [2.75, 3.05) is 13.1 Å². The van der Waals surface area contributed by atoms with Crippen LogP contribution in [0.5, 0.6) is 0 Å². The fourth-order valence-corrected chi connectivity index (χ4v) is 1.35. The molecule has 2 heteroatoms. The van der Waals surface area contributed by atoms with Gasteiger partial charge in [-0.25, -0.2) is 4.39 Å². The molecule has 1 unspecified atom stereocenters. The Hall–Kier alpha value is -0.110. The van der Waals surface area contributed by atoms with Crippen LogP contribution in [0.1, 0.15) is 27.7 Å². The minimum atomic E-state index is -0.631. The van der Waals surface area contributed by atoms with Gasteiger partial charge in [0.05, 0.1) is 0 Å². The average molecular weight is 159 g/mol. The smallest absolute Gasteiger partial charge is 0.103 e. The molecule has 0 radical (unpaired) electrons. The van der Waals surface area contributed by atoms with Crippen LogP contribution in [0.2, 0.25) is 0 Å². The summed E-state index contributed by atoms with van der Waals surface area (Å²) in [6, 6.07) is 0. The van der Waals surface area contributed by atoms with Crippen LogP contribution in [0.3, 0.4) is 0 Å². The summed E-state index contributed by atoms with van der Waals surface area (Å²) in [5.74, 6) is 0.286. The van der Waals surface area contributed by atoms with Gasteiger partial charge in [-0.05, 0) is 27.7 Å². The monoisotopic (exact) mass is 159 g/mol. The molecule has 0 N–H and O–H groups in total. The van der Waals surface area contributed by atoms with Gasteiger partial charge in [0, 0.05) is 24.5 Å². The Morgan fingerprint density at radius 2 is 1.82 bits per heavy atom. The largest absolute Gasteiger partial charge is 0.298 e. The fourth-order valence-electron chi connectivity index (χ4n) is 1.35. The summed E-state index contributed by atoms with van der Waals surface area (Å²) in [6.45, 7) is 10.0. The Kier molecular flexibility index (Phi) is 2.24. The summed E-state index contributed by atoms with van der Waals surface area (Å²) in [4.78, 5) is 2.31.